The number of carbonyl (C=O) groups is 1. The molecule has 2 heterocycles. The highest BCUT2D eigenvalue weighted by Crippen LogP contribution is 2.26. The summed E-state index contributed by atoms with van der Waals surface area (Å²) in [5.74, 6) is 0.248. The van der Waals surface area contributed by atoms with Crippen molar-refractivity contribution in [2.45, 2.75) is 23.6 Å². The number of hydrogen-bond acceptors (Lipinski definition) is 5. The third-order valence-electron chi connectivity index (χ3n) is 4.42. The lowest BCUT2D eigenvalue weighted by Gasteiger charge is -2.09. The van der Waals surface area contributed by atoms with E-state index in [1.807, 2.05) is 24.4 Å². The zero-order valence-corrected chi connectivity index (χ0v) is 17.8. The number of benzene rings is 2. The van der Waals surface area contributed by atoms with Gasteiger partial charge in [-0.1, -0.05) is 30.0 Å². The largest absolute Gasteiger partial charge is 0.348 e. The molecule has 0 unspecified atom stereocenters. The van der Waals surface area contributed by atoms with Crippen molar-refractivity contribution in [2.75, 3.05) is 0 Å². The summed E-state index contributed by atoms with van der Waals surface area (Å²) in [5.41, 5.74) is 3.84. The number of hydrogen-bond donors (Lipinski definition) is 1. The second kappa shape index (κ2) is 9.23. The van der Waals surface area contributed by atoms with E-state index in [1.165, 1.54) is 6.07 Å². The van der Waals surface area contributed by atoms with E-state index in [0.29, 0.717) is 16.8 Å². The van der Waals surface area contributed by atoms with Crippen LogP contribution >= 0.6 is 23.1 Å². The average molecular weight is 439 g/mol. The second-order valence-electron chi connectivity index (χ2n) is 6.68. The van der Waals surface area contributed by atoms with Gasteiger partial charge in [0, 0.05) is 41.3 Å². The summed E-state index contributed by atoms with van der Waals surface area (Å²) in [6, 6.07) is 12.4. The lowest BCUT2D eigenvalue weighted by Crippen LogP contribution is -2.22. The summed E-state index contributed by atoms with van der Waals surface area (Å²) in [7, 11) is 0. The highest BCUT2D eigenvalue weighted by molar-refractivity contribution is 8.00. The Balaban J connectivity index is 1.32. The molecule has 0 aliphatic carbocycles. The van der Waals surface area contributed by atoms with Gasteiger partial charge in [-0.3, -0.25) is 4.79 Å². The van der Waals surface area contributed by atoms with Crippen LogP contribution in [0, 0.1) is 12.7 Å². The molecular weight excluding hydrogens is 419 g/mol. The minimum Gasteiger partial charge on any atom is -0.348 e. The Morgan fingerprint density at radius 3 is 2.67 bits per heavy atom. The zero-order valence-electron chi connectivity index (χ0n) is 16.2. The standard InChI is InChI=1S/C22H19FN4OS2/c1-15-12-29-22(26-15)30-13-16-2-5-18(6-3-16)21(28)25-11-17-4-7-20(19(23)10-17)27-9-8-24-14-27/h2-10,12,14H,11,13H2,1H3,(H,25,28). The third-order valence-corrected chi connectivity index (χ3v) is 6.63. The van der Waals surface area contributed by atoms with Crippen LogP contribution < -0.4 is 5.32 Å². The maximum atomic E-state index is 14.3. The van der Waals surface area contributed by atoms with Gasteiger partial charge in [-0.25, -0.2) is 14.4 Å². The molecule has 4 aromatic rings. The Kier molecular flexibility index (Phi) is 6.25. The number of halogens is 1. The van der Waals surface area contributed by atoms with Crippen molar-refractivity contribution < 1.29 is 9.18 Å². The van der Waals surface area contributed by atoms with Crippen LogP contribution in [0.15, 0.2) is 70.9 Å². The Morgan fingerprint density at radius 1 is 1.20 bits per heavy atom. The van der Waals surface area contributed by atoms with E-state index in [0.717, 1.165) is 21.3 Å². The van der Waals surface area contributed by atoms with Crippen LogP contribution in [-0.2, 0) is 12.3 Å². The van der Waals surface area contributed by atoms with Crippen LogP contribution in [0.25, 0.3) is 5.69 Å². The van der Waals surface area contributed by atoms with E-state index >= 15 is 0 Å². The lowest BCUT2D eigenvalue weighted by molar-refractivity contribution is 0.0951. The predicted molar refractivity (Wildman–Crippen MR) is 118 cm³/mol. The van der Waals surface area contributed by atoms with Crippen LogP contribution in [0.1, 0.15) is 27.2 Å². The fourth-order valence-electron chi connectivity index (χ4n) is 2.85. The molecule has 4 rings (SSSR count). The molecule has 30 heavy (non-hydrogen) atoms. The summed E-state index contributed by atoms with van der Waals surface area (Å²) >= 11 is 3.32. The number of nitrogens with zero attached hydrogens (tertiary/aromatic N) is 3. The summed E-state index contributed by atoms with van der Waals surface area (Å²) in [5, 5.41) is 4.87. The van der Waals surface area contributed by atoms with Gasteiger partial charge in [0.1, 0.15) is 10.2 Å². The number of carbonyl (C=O) groups excluding carboxylic acids is 1. The van der Waals surface area contributed by atoms with E-state index in [1.54, 1.807) is 70.7 Å². The number of nitrogens with one attached hydrogen (secondary N) is 1. The van der Waals surface area contributed by atoms with Gasteiger partial charge in [-0.2, -0.15) is 0 Å². The maximum absolute atomic E-state index is 14.3. The molecule has 5 nitrogen and oxygen atoms in total. The fraction of sp³-hybridized carbons (Fsp3) is 0.136. The van der Waals surface area contributed by atoms with E-state index in [4.69, 9.17) is 0 Å². The van der Waals surface area contributed by atoms with E-state index < -0.39 is 0 Å². The number of thiazole rings is 1. The Bertz CT molecular complexity index is 1140. The molecule has 0 aliphatic heterocycles. The normalized spacial score (nSPS) is 10.9. The van der Waals surface area contributed by atoms with Gasteiger partial charge in [0.25, 0.3) is 5.91 Å². The number of aryl methyl sites for hydroxylation is 1. The summed E-state index contributed by atoms with van der Waals surface area (Å²) in [6.07, 6.45) is 4.82. The highest BCUT2D eigenvalue weighted by atomic mass is 32.2. The van der Waals surface area contributed by atoms with E-state index in [-0.39, 0.29) is 18.3 Å². The van der Waals surface area contributed by atoms with Gasteiger partial charge in [0.2, 0.25) is 0 Å². The zero-order chi connectivity index (χ0) is 20.9. The molecule has 0 atom stereocenters. The Morgan fingerprint density at radius 2 is 2.00 bits per heavy atom. The first-order valence-corrected chi connectivity index (χ1v) is 11.1. The molecule has 0 saturated carbocycles. The van der Waals surface area contributed by atoms with Gasteiger partial charge in [-0.15, -0.1) is 11.3 Å². The summed E-state index contributed by atoms with van der Waals surface area (Å²) in [4.78, 5) is 20.8. The Labute approximate surface area is 182 Å². The van der Waals surface area contributed by atoms with Gasteiger partial charge in [0.05, 0.1) is 12.0 Å². The molecule has 0 aliphatic rings. The molecule has 2 aromatic heterocycles. The molecular formula is C22H19FN4OS2. The van der Waals surface area contributed by atoms with Crippen molar-refractivity contribution >= 4 is 29.0 Å². The molecule has 1 amide bonds. The minimum absolute atomic E-state index is 0.191. The fourth-order valence-corrected chi connectivity index (χ4v) is 4.66. The molecule has 0 saturated heterocycles. The second-order valence-corrected chi connectivity index (χ2v) is 8.76. The smallest absolute Gasteiger partial charge is 0.251 e. The molecule has 0 fully saturated rings. The molecule has 0 spiro atoms. The minimum atomic E-state index is -0.364. The number of aromatic nitrogens is 3. The number of thioether (sulfide) groups is 1. The predicted octanol–water partition coefficient (Wildman–Crippen LogP) is 5.00. The third kappa shape index (κ3) is 4.95. The topological polar surface area (TPSA) is 59.8 Å². The van der Waals surface area contributed by atoms with Crippen molar-refractivity contribution in [1.82, 2.24) is 19.9 Å². The number of imidazole rings is 1. The number of rotatable bonds is 7. The highest BCUT2D eigenvalue weighted by Gasteiger charge is 2.09. The molecule has 0 radical (unpaired) electrons. The van der Waals surface area contributed by atoms with E-state index in [2.05, 4.69) is 15.3 Å². The van der Waals surface area contributed by atoms with Crippen molar-refractivity contribution in [3.63, 3.8) is 0 Å². The maximum Gasteiger partial charge on any atom is 0.251 e. The summed E-state index contributed by atoms with van der Waals surface area (Å²) < 4.78 is 17.0. The first kappa shape index (κ1) is 20.3. The average Bonchev–Trinajstić information content (AvgIpc) is 3.43. The SMILES string of the molecule is Cc1csc(SCc2ccc(C(=O)NCc3ccc(-n4ccnc4)c(F)c3)cc2)n1. The molecule has 2 aromatic carbocycles. The lowest BCUT2D eigenvalue weighted by atomic mass is 10.1. The van der Waals surface area contributed by atoms with Crippen molar-refractivity contribution in [1.29, 1.82) is 0 Å². The Hall–Kier alpha value is -2.97. The monoisotopic (exact) mass is 438 g/mol. The quantitative estimate of drug-likeness (QED) is 0.413. The van der Waals surface area contributed by atoms with Crippen LogP contribution in [0.3, 0.4) is 0 Å². The van der Waals surface area contributed by atoms with Gasteiger partial charge in [-0.05, 0) is 42.3 Å². The van der Waals surface area contributed by atoms with Crippen molar-refractivity contribution in [3.8, 4) is 5.69 Å². The first-order chi connectivity index (χ1) is 14.6. The van der Waals surface area contributed by atoms with Crippen molar-refractivity contribution in [3.05, 3.63) is 94.8 Å². The van der Waals surface area contributed by atoms with Crippen LogP contribution in [0.4, 0.5) is 4.39 Å². The van der Waals surface area contributed by atoms with Crippen LogP contribution in [0.5, 0.6) is 0 Å². The molecule has 152 valence electrons. The van der Waals surface area contributed by atoms with Gasteiger partial charge >= 0.3 is 0 Å². The van der Waals surface area contributed by atoms with Crippen LogP contribution in [-0.4, -0.2) is 20.4 Å². The van der Waals surface area contributed by atoms with Gasteiger partial charge in [0.15, 0.2) is 0 Å². The van der Waals surface area contributed by atoms with E-state index in [9.17, 15) is 9.18 Å². The van der Waals surface area contributed by atoms with Crippen molar-refractivity contribution in [2.24, 2.45) is 0 Å². The molecule has 1 N–H and O–H groups in total. The first-order valence-electron chi connectivity index (χ1n) is 9.27. The number of amides is 1. The van der Waals surface area contributed by atoms with Gasteiger partial charge < -0.3 is 9.88 Å². The summed E-state index contributed by atoms with van der Waals surface area (Å²) in [6.45, 7) is 2.23. The molecule has 0 bridgehead atoms. The van der Waals surface area contributed by atoms with Crippen LogP contribution in [0.2, 0.25) is 0 Å². The molecule has 8 heteroatoms.